The van der Waals surface area contributed by atoms with Crippen LogP contribution in [0, 0.1) is 13.8 Å². The van der Waals surface area contributed by atoms with Crippen molar-refractivity contribution >= 4 is 11.6 Å². The summed E-state index contributed by atoms with van der Waals surface area (Å²) in [5.41, 5.74) is 4.72. The Morgan fingerprint density at radius 1 is 1.24 bits per heavy atom. The van der Waals surface area contributed by atoms with Crippen LogP contribution in [0.2, 0.25) is 5.15 Å². The monoisotopic (exact) mass is 248 g/mol. The highest BCUT2D eigenvalue weighted by molar-refractivity contribution is 6.30. The fourth-order valence-electron chi connectivity index (χ4n) is 2.05. The Kier molecular flexibility index (Phi) is 3.53. The predicted octanol–water partition coefficient (Wildman–Crippen LogP) is 3.76. The zero-order valence-electron chi connectivity index (χ0n) is 10.5. The molecule has 2 nitrogen and oxygen atoms in total. The van der Waals surface area contributed by atoms with E-state index in [4.69, 9.17) is 11.6 Å². The van der Waals surface area contributed by atoms with Gasteiger partial charge in [-0.3, -0.25) is 0 Å². The summed E-state index contributed by atoms with van der Waals surface area (Å²) < 4.78 is 1.89. The van der Waals surface area contributed by atoms with Crippen molar-refractivity contribution in [3.8, 4) is 0 Å². The zero-order chi connectivity index (χ0) is 12.4. The largest absolute Gasteiger partial charge is 0.249 e. The van der Waals surface area contributed by atoms with Gasteiger partial charge in [0.15, 0.2) is 0 Å². The number of aromatic nitrogens is 2. The van der Waals surface area contributed by atoms with Gasteiger partial charge < -0.3 is 0 Å². The van der Waals surface area contributed by atoms with Gasteiger partial charge in [-0.15, -0.1) is 0 Å². The minimum Gasteiger partial charge on any atom is -0.249 e. The van der Waals surface area contributed by atoms with E-state index in [1.807, 2.05) is 23.7 Å². The van der Waals surface area contributed by atoms with Crippen LogP contribution in [0.15, 0.2) is 24.3 Å². The molecule has 0 bridgehead atoms. The van der Waals surface area contributed by atoms with Crippen LogP contribution in [0.25, 0.3) is 0 Å². The highest BCUT2D eigenvalue weighted by Gasteiger charge is 2.12. The van der Waals surface area contributed by atoms with Crippen LogP contribution in [0.4, 0.5) is 0 Å². The highest BCUT2D eigenvalue weighted by atomic mass is 35.5. The number of hydrogen-bond donors (Lipinski definition) is 0. The Labute approximate surface area is 107 Å². The number of hydrogen-bond acceptors (Lipinski definition) is 1. The average Bonchev–Trinajstić information content (AvgIpc) is 2.57. The highest BCUT2D eigenvalue weighted by Crippen LogP contribution is 2.21. The lowest BCUT2D eigenvalue weighted by molar-refractivity contribution is 0.677. The van der Waals surface area contributed by atoms with Gasteiger partial charge in [0.05, 0.1) is 12.2 Å². The molecule has 0 N–H and O–H groups in total. The number of halogens is 1. The summed E-state index contributed by atoms with van der Waals surface area (Å²) in [5.74, 6) is 0. The molecule has 0 amide bonds. The maximum Gasteiger partial charge on any atom is 0.130 e. The van der Waals surface area contributed by atoms with E-state index in [2.05, 4.69) is 31.1 Å². The van der Waals surface area contributed by atoms with Gasteiger partial charge in [0, 0.05) is 5.56 Å². The molecule has 17 heavy (non-hydrogen) atoms. The molecule has 0 aliphatic rings. The van der Waals surface area contributed by atoms with Crippen LogP contribution >= 0.6 is 11.6 Å². The summed E-state index contributed by atoms with van der Waals surface area (Å²) in [7, 11) is 0. The Morgan fingerprint density at radius 2 is 1.94 bits per heavy atom. The van der Waals surface area contributed by atoms with E-state index in [-0.39, 0.29) is 0 Å². The number of rotatable bonds is 3. The molecule has 0 unspecified atom stereocenters. The second-order valence-electron chi connectivity index (χ2n) is 4.29. The van der Waals surface area contributed by atoms with Crippen LogP contribution in [-0.4, -0.2) is 9.78 Å². The molecule has 1 aromatic carbocycles. The van der Waals surface area contributed by atoms with Gasteiger partial charge in [-0.2, -0.15) is 5.10 Å². The summed E-state index contributed by atoms with van der Waals surface area (Å²) in [5, 5.41) is 5.27. The van der Waals surface area contributed by atoms with E-state index in [0.29, 0.717) is 0 Å². The SMILES string of the molecule is CCc1c(C)nn(Cc2ccccc2C)c1Cl. The molecule has 0 fully saturated rings. The Balaban J connectivity index is 2.34. The lowest BCUT2D eigenvalue weighted by Crippen LogP contribution is -2.03. The molecular weight excluding hydrogens is 232 g/mol. The molecule has 2 rings (SSSR count). The Morgan fingerprint density at radius 3 is 2.53 bits per heavy atom. The molecule has 0 saturated carbocycles. The third-order valence-electron chi connectivity index (χ3n) is 3.12. The molecule has 0 saturated heterocycles. The van der Waals surface area contributed by atoms with Gasteiger partial charge in [0.25, 0.3) is 0 Å². The van der Waals surface area contributed by atoms with Gasteiger partial charge in [-0.05, 0) is 31.4 Å². The quantitative estimate of drug-likeness (QED) is 0.809. The second-order valence-corrected chi connectivity index (χ2v) is 4.65. The normalized spacial score (nSPS) is 10.8. The third kappa shape index (κ3) is 2.37. The average molecular weight is 249 g/mol. The molecule has 0 atom stereocenters. The standard InChI is InChI=1S/C14H17ClN2/c1-4-13-11(3)16-17(14(13)15)9-12-8-6-5-7-10(12)2/h5-8H,4,9H2,1-3H3. The van der Waals surface area contributed by atoms with Crippen molar-refractivity contribution in [2.75, 3.05) is 0 Å². The minimum atomic E-state index is 0.742. The third-order valence-corrected chi connectivity index (χ3v) is 3.54. The van der Waals surface area contributed by atoms with Gasteiger partial charge in [0.1, 0.15) is 5.15 Å². The fourth-order valence-corrected chi connectivity index (χ4v) is 2.41. The fraction of sp³-hybridized carbons (Fsp3) is 0.357. The molecule has 90 valence electrons. The van der Waals surface area contributed by atoms with Crippen LogP contribution in [0.3, 0.4) is 0 Å². The van der Waals surface area contributed by atoms with Crippen molar-refractivity contribution in [1.29, 1.82) is 0 Å². The van der Waals surface area contributed by atoms with E-state index in [1.54, 1.807) is 0 Å². The molecular formula is C14H17ClN2. The predicted molar refractivity (Wildman–Crippen MR) is 71.6 cm³/mol. The molecule has 0 radical (unpaired) electrons. The van der Waals surface area contributed by atoms with E-state index < -0.39 is 0 Å². The summed E-state index contributed by atoms with van der Waals surface area (Å²) in [6, 6.07) is 8.33. The molecule has 1 aromatic heterocycles. The molecule has 0 spiro atoms. The molecule has 0 aliphatic carbocycles. The van der Waals surface area contributed by atoms with E-state index in [9.17, 15) is 0 Å². The smallest absolute Gasteiger partial charge is 0.130 e. The van der Waals surface area contributed by atoms with Crippen molar-refractivity contribution in [3.05, 3.63) is 51.8 Å². The Bertz CT molecular complexity index is 529. The van der Waals surface area contributed by atoms with Gasteiger partial charge in [0.2, 0.25) is 0 Å². The zero-order valence-corrected chi connectivity index (χ0v) is 11.3. The van der Waals surface area contributed by atoms with Crippen molar-refractivity contribution in [1.82, 2.24) is 9.78 Å². The summed E-state index contributed by atoms with van der Waals surface area (Å²) >= 11 is 6.33. The summed E-state index contributed by atoms with van der Waals surface area (Å²) in [6.07, 6.45) is 0.929. The van der Waals surface area contributed by atoms with Crippen molar-refractivity contribution < 1.29 is 0 Å². The van der Waals surface area contributed by atoms with Gasteiger partial charge >= 0.3 is 0 Å². The van der Waals surface area contributed by atoms with Crippen LogP contribution in [-0.2, 0) is 13.0 Å². The van der Waals surface area contributed by atoms with E-state index in [0.717, 1.165) is 29.4 Å². The van der Waals surface area contributed by atoms with E-state index >= 15 is 0 Å². The first-order chi connectivity index (χ1) is 8.13. The topological polar surface area (TPSA) is 17.8 Å². The summed E-state index contributed by atoms with van der Waals surface area (Å²) in [4.78, 5) is 0. The maximum atomic E-state index is 6.33. The van der Waals surface area contributed by atoms with Crippen LogP contribution in [0.1, 0.15) is 29.3 Å². The second kappa shape index (κ2) is 4.92. The molecule has 1 heterocycles. The first-order valence-corrected chi connectivity index (χ1v) is 6.27. The summed E-state index contributed by atoms with van der Waals surface area (Å²) in [6.45, 7) is 6.97. The maximum absolute atomic E-state index is 6.33. The first-order valence-electron chi connectivity index (χ1n) is 5.89. The molecule has 0 aliphatic heterocycles. The van der Waals surface area contributed by atoms with E-state index in [1.165, 1.54) is 11.1 Å². The van der Waals surface area contributed by atoms with Gasteiger partial charge in [-0.25, -0.2) is 4.68 Å². The van der Waals surface area contributed by atoms with Crippen molar-refractivity contribution in [2.45, 2.75) is 33.7 Å². The van der Waals surface area contributed by atoms with Gasteiger partial charge in [-0.1, -0.05) is 42.8 Å². The van der Waals surface area contributed by atoms with Crippen molar-refractivity contribution in [2.24, 2.45) is 0 Å². The van der Waals surface area contributed by atoms with Crippen molar-refractivity contribution in [3.63, 3.8) is 0 Å². The van der Waals surface area contributed by atoms with Crippen LogP contribution < -0.4 is 0 Å². The molecule has 3 heteroatoms. The lowest BCUT2D eigenvalue weighted by Gasteiger charge is -2.06. The number of aryl methyl sites for hydroxylation is 2. The molecule has 2 aromatic rings. The lowest BCUT2D eigenvalue weighted by atomic mass is 10.1. The number of benzene rings is 1. The van der Waals surface area contributed by atoms with Crippen LogP contribution in [0.5, 0.6) is 0 Å². The Hall–Kier alpha value is -1.28. The number of nitrogens with zero attached hydrogens (tertiary/aromatic N) is 2. The first kappa shape index (κ1) is 12.2. The minimum absolute atomic E-state index is 0.742.